The number of aryl methyl sites for hydroxylation is 1. The first kappa shape index (κ1) is 12.5. The molecule has 1 amide bonds. The molecule has 0 aliphatic carbocycles. The highest BCUT2D eigenvalue weighted by molar-refractivity contribution is 5.67. The lowest BCUT2D eigenvalue weighted by Gasteiger charge is -2.16. The van der Waals surface area contributed by atoms with Crippen molar-refractivity contribution in [2.45, 2.75) is 19.9 Å². The van der Waals surface area contributed by atoms with E-state index in [9.17, 15) is 4.79 Å². The molecular weight excluding hydrogens is 206 g/mol. The normalized spacial score (nSPS) is 11.9. The quantitative estimate of drug-likeness (QED) is 0.818. The van der Waals surface area contributed by atoms with Gasteiger partial charge in [-0.2, -0.15) is 0 Å². The number of carbonyl (C=O) groups is 1. The van der Waals surface area contributed by atoms with Gasteiger partial charge in [0.05, 0.1) is 12.6 Å². The maximum atomic E-state index is 11.3. The molecule has 0 fully saturated rings. The molecule has 1 rings (SSSR count). The molecule has 1 aromatic carbocycles. The van der Waals surface area contributed by atoms with Crippen LogP contribution in [0.4, 0.5) is 4.79 Å². The molecule has 0 radical (unpaired) electrons. The van der Waals surface area contributed by atoms with E-state index in [-0.39, 0.29) is 19.3 Å². The average Bonchev–Trinajstić information content (AvgIpc) is 2.26. The molecule has 0 aromatic heterocycles. The van der Waals surface area contributed by atoms with Crippen LogP contribution in [0.3, 0.4) is 0 Å². The molecule has 0 saturated heterocycles. The van der Waals surface area contributed by atoms with Crippen molar-refractivity contribution in [3.8, 4) is 0 Å². The summed E-state index contributed by atoms with van der Waals surface area (Å²) in [6, 6.07) is 7.74. The summed E-state index contributed by atoms with van der Waals surface area (Å²) in [7, 11) is 0. The van der Waals surface area contributed by atoms with Gasteiger partial charge in [0.1, 0.15) is 6.61 Å². The maximum absolute atomic E-state index is 11.3. The molecule has 0 saturated carbocycles. The largest absolute Gasteiger partial charge is 0.447 e. The fraction of sp³-hybridized carbons (Fsp3) is 0.417. The molecule has 0 unspecified atom stereocenters. The molecule has 4 heteroatoms. The average molecular weight is 223 g/mol. The van der Waals surface area contributed by atoms with Crippen LogP contribution in [0, 0.1) is 6.92 Å². The molecule has 16 heavy (non-hydrogen) atoms. The first-order chi connectivity index (χ1) is 7.65. The van der Waals surface area contributed by atoms with Crippen LogP contribution in [-0.4, -0.2) is 24.4 Å². The lowest BCUT2D eigenvalue weighted by molar-refractivity contribution is 0.116. The van der Waals surface area contributed by atoms with Crippen molar-refractivity contribution in [2.75, 3.05) is 13.2 Å². The van der Waals surface area contributed by atoms with Crippen molar-refractivity contribution in [1.29, 1.82) is 0 Å². The Morgan fingerprint density at radius 2 is 2.19 bits per heavy atom. The molecular formula is C12H17NO3. The lowest BCUT2D eigenvalue weighted by atomic mass is 10.0. The minimum atomic E-state index is -0.509. The van der Waals surface area contributed by atoms with Gasteiger partial charge in [-0.1, -0.05) is 24.3 Å². The molecule has 1 atom stereocenters. The number of hydrogen-bond donors (Lipinski definition) is 2. The van der Waals surface area contributed by atoms with Gasteiger partial charge in [0.15, 0.2) is 0 Å². The van der Waals surface area contributed by atoms with Crippen LogP contribution in [-0.2, 0) is 4.74 Å². The van der Waals surface area contributed by atoms with E-state index in [4.69, 9.17) is 9.84 Å². The Morgan fingerprint density at radius 1 is 1.50 bits per heavy atom. The highest BCUT2D eigenvalue weighted by atomic mass is 16.6. The Hall–Kier alpha value is -1.55. The summed E-state index contributed by atoms with van der Waals surface area (Å²) < 4.78 is 4.72. The van der Waals surface area contributed by atoms with Crippen molar-refractivity contribution < 1.29 is 14.6 Å². The fourth-order valence-corrected chi connectivity index (χ4v) is 1.51. The maximum Gasteiger partial charge on any atom is 0.407 e. The Morgan fingerprint density at radius 3 is 2.81 bits per heavy atom. The van der Waals surface area contributed by atoms with E-state index in [0.29, 0.717) is 0 Å². The minimum Gasteiger partial charge on any atom is -0.447 e. The number of aliphatic hydroxyl groups excluding tert-OH is 1. The third-order valence-electron chi connectivity index (χ3n) is 2.31. The molecule has 1 aromatic rings. The molecule has 0 spiro atoms. The number of nitrogens with one attached hydrogen (secondary N) is 1. The smallest absolute Gasteiger partial charge is 0.407 e. The van der Waals surface area contributed by atoms with Crippen LogP contribution >= 0.6 is 0 Å². The van der Waals surface area contributed by atoms with Gasteiger partial charge in [-0.15, -0.1) is 0 Å². The first-order valence-electron chi connectivity index (χ1n) is 5.25. The van der Waals surface area contributed by atoms with Crippen LogP contribution in [0.25, 0.3) is 0 Å². The number of carbonyl (C=O) groups excluding carboxylic acids is 1. The Bertz CT molecular complexity index is 352. The van der Waals surface area contributed by atoms with Gasteiger partial charge in [0.2, 0.25) is 0 Å². The zero-order valence-corrected chi connectivity index (χ0v) is 9.56. The van der Waals surface area contributed by atoms with E-state index in [1.54, 1.807) is 0 Å². The summed E-state index contributed by atoms with van der Waals surface area (Å²) >= 11 is 0. The van der Waals surface area contributed by atoms with Crippen molar-refractivity contribution in [3.05, 3.63) is 35.4 Å². The van der Waals surface area contributed by atoms with Crippen molar-refractivity contribution in [2.24, 2.45) is 0 Å². The monoisotopic (exact) mass is 223 g/mol. The Labute approximate surface area is 95.2 Å². The number of ether oxygens (including phenoxy) is 1. The summed E-state index contributed by atoms with van der Waals surface area (Å²) in [4.78, 5) is 11.3. The van der Waals surface area contributed by atoms with Crippen molar-refractivity contribution >= 4 is 6.09 Å². The van der Waals surface area contributed by atoms with Gasteiger partial charge >= 0.3 is 6.09 Å². The Kier molecular flexibility index (Phi) is 4.79. The van der Waals surface area contributed by atoms with E-state index >= 15 is 0 Å². The van der Waals surface area contributed by atoms with Gasteiger partial charge in [0.25, 0.3) is 0 Å². The molecule has 88 valence electrons. The van der Waals surface area contributed by atoms with Crippen molar-refractivity contribution in [3.63, 3.8) is 0 Å². The summed E-state index contributed by atoms with van der Waals surface area (Å²) in [5.74, 6) is 0. The highest BCUT2D eigenvalue weighted by Gasteiger charge is 2.11. The highest BCUT2D eigenvalue weighted by Crippen LogP contribution is 2.16. The van der Waals surface area contributed by atoms with Crippen LogP contribution < -0.4 is 5.32 Å². The molecule has 0 bridgehead atoms. The third kappa shape index (κ3) is 3.55. The number of hydrogen-bond acceptors (Lipinski definition) is 3. The summed E-state index contributed by atoms with van der Waals surface area (Å²) in [6.07, 6.45) is -0.509. The fourth-order valence-electron chi connectivity index (χ4n) is 1.51. The Balaban J connectivity index is 2.55. The van der Waals surface area contributed by atoms with Crippen LogP contribution in [0.5, 0.6) is 0 Å². The minimum absolute atomic E-state index is 0.0202. The van der Waals surface area contributed by atoms with E-state index < -0.39 is 6.09 Å². The molecule has 2 N–H and O–H groups in total. The number of amides is 1. The second-order valence-corrected chi connectivity index (χ2v) is 3.58. The van der Waals surface area contributed by atoms with E-state index in [0.717, 1.165) is 11.1 Å². The van der Waals surface area contributed by atoms with Gasteiger partial charge in [-0.05, 0) is 25.0 Å². The molecule has 4 nitrogen and oxygen atoms in total. The topological polar surface area (TPSA) is 58.6 Å². The van der Waals surface area contributed by atoms with Gasteiger partial charge in [-0.25, -0.2) is 4.79 Å². The molecule has 0 aliphatic heterocycles. The second-order valence-electron chi connectivity index (χ2n) is 3.58. The van der Waals surface area contributed by atoms with Crippen LogP contribution in [0.15, 0.2) is 24.3 Å². The van der Waals surface area contributed by atoms with E-state index in [1.807, 2.05) is 38.1 Å². The number of alkyl carbamates (subject to hydrolysis) is 1. The van der Waals surface area contributed by atoms with Crippen LogP contribution in [0.1, 0.15) is 24.1 Å². The summed E-state index contributed by atoms with van der Waals surface area (Å²) in [5, 5.41) is 11.2. The van der Waals surface area contributed by atoms with Gasteiger partial charge in [-0.3, -0.25) is 0 Å². The van der Waals surface area contributed by atoms with E-state index in [1.165, 1.54) is 0 Å². The lowest BCUT2D eigenvalue weighted by Crippen LogP contribution is -2.28. The number of rotatable bonds is 4. The SMILES string of the molecule is Cc1ccccc1[C@H](C)NC(=O)OCCO. The predicted octanol–water partition coefficient (Wildman–Crippen LogP) is 1.77. The van der Waals surface area contributed by atoms with Gasteiger partial charge < -0.3 is 15.2 Å². The van der Waals surface area contributed by atoms with E-state index in [2.05, 4.69) is 5.32 Å². The number of benzene rings is 1. The predicted molar refractivity (Wildman–Crippen MR) is 61.2 cm³/mol. The summed E-state index contributed by atoms with van der Waals surface area (Å²) in [5.41, 5.74) is 2.18. The molecule has 0 heterocycles. The third-order valence-corrected chi connectivity index (χ3v) is 2.31. The zero-order valence-electron chi connectivity index (χ0n) is 9.56. The molecule has 0 aliphatic rings. The second kappa shape index (κ2) is 6.12. The zero-order chi connectivity index (χ0) is 12.0. The van der Waals surface area contributed by atoms with Gasteiger partial charge in [0, 0.05) is 0 Å². The standard InChI is InChI=1S/C12H17NO3/c1-9-5-3-4-6-11(9)10(2)13-12(15)16-8-7-14/h3-6,10,14H,7-8H2,1-2H3,(H,13,15)/t10-/m0/s1. The van der Waals surface area contributed by atoms with Crippen LogP contribution in [0.2, 0.25) is 0 Å². The van der Waals surface area contributed by atoms with Crippen molar-refractivity contribution in [1.82, 2.24) is 5.32 Å². The number of aliphatic hydroxyl groups is 1. The summed E-state index contributed by atoms with van der Waals surface area (Å²) in [6.45, 7) is 3.74. The first-order valence-corrected chi connectivity index (χ1v) is 5.25.